The van der Waals surface area contributed by atoms with Crippen LogP contribution < -0.4 is 5.32 Å². The van der Waals surface area contributed by atoms with Gasteiger partial charge in [0.1, 0.15) is 0 Å². The van der Waals surface area contributed by atoms with E-state index in [0.29, 0.717) is 11.8 Å². The molecule has 1 saturated heterocycles. The summed E-state index contributed by atoms with van der Waals surface area (Å²) in [5.74, 6) is 0.201. The molecule has 1 aliphatic carbocycles. The number of hydrogen-bond acceptors (Lipinski definition) is 2. The Kier molecular flexibility index (Phi) is 5.76. The molecule has 1 aromatic rings. The second kappa shape index (κ2) is 7.72. The summed E-state index contributed by atoms with van der Waals surface area (Å²) in [6.45, 7) is 12.6. The van der Waals surface area contributed by atoms with Crippen molar-refractivity contribution in [3.63, 3.8) is 0 Å². The van der Waals surface area contributed by atoms with Gasteiger partial charge in [-0.2, -0.15) is 0 Å². The third-order valence-electron chi connectivity index (χ3n) is 6.31. The van der Waals surface area contributed by atoms with E-state index in [-0.39, 0.29) is 18.8 Å². The number of fused-ring (bicyclic) bond motifs is 2. The molecule has 1 atom stereocenters. The third-order valence-corrected chi connectivity index (χ3v) is 6.31. The molecule has 2 aliphatic rings. The average molecular weight is 359 g/mol. The molecule has 3 nitrogen and oxygen atoms in total. The Morgan fingerprint density at radius 1 is 1.27 bits per heavy atom. The predicted molar refractivity (Wildman–Crippen MR) is 110 cm³/mol. The number of carbonyl (C=O) groups excluding carboxylic acids is 1. The van der Waals surface area contributed by atoms with Crippen molar-refractivity contribution in [2.24, 2.45) is 5.41 Å². The zero-order valence-corrected chi connectivity index (χ0v) is 17.1. The van der Waals surface area contributed by atoms with Crippen LogP contribution in [0.3, 0.4) is 0 Å². The highest BCUT2D eigenvalue weighted by atomic mass is 16.1. The molecule has 1 spiro atoms. The monoisotopic (exact) mass is 358 g/mol. The number of carbonyl (C=O) groups is 1. The van der Waals surface area contributed by atoms with Gasteiger partial charge < -0.3 is 10.2 Å². The molecular formula is C23H38N2O. The number of nitrogens with zero attached hydrogens (tertiary/aromatic N) is 1. The van der Waals surface area contributed by atoms with Gasteiger partial charge in [-0.1, -0.05) is 52.0 Å². The van der Waals surface area contributed by atoms with Crippen molar-refractivity contribution in [2.45, 2.75) is 77.7 Å². The van der Waals surface area contributed by atoms with Gasteiger partial charge in [0.05, 0.1) is 6.04 Å². The number of piperidine rings is 1. The summed E-state index contributed by atoms with van der Waals surface area (Å²) in [4.78, 5) is 14.8. The first-order valence-electron chi connectivity index (χ1n) is 10.4. The van der Waals surface area contributed by atoms with Crippen molar-refractivity contribution in [1.29, 1.82) is 0 Å². The molecule has 1 aromatic carbocycles. The average Bonchev–Trinajstić information content (AvgIpc) is 2.88. The van der Waals surface area contributed by atoms with Crippen LogP contribution in [0.5, 0.6) is 0 Å². The van der Waals surface area contributed by atoms with E-state index in [4.69, 9.17) is 0 Å². The molecule has 26 heavy (non-hydrogen) atoms. The highest BCUT2D eigenvalue weighted by Crippen LogP contribution is 2.50. The van der Waals surface area contributed by atoms with Crippen LogP contribution in [0.4, 0.5) is 0 Å². The van der Waals surface area contributed by atoms with Gasteiger partial charge >= 0.3 is 0 Å². The smallest absolute Gasteiger partial charge is 0.220 e. The second-order valence-electron chi connectivity index (χ2n) is 9.59. The SMILES string of the molecule is CCCC(=O)N[C@H]1CC2(CCN(CCC(C)(C)C)CC2)c2ccccc21.[HH]. The molecule has 1 N–H and O–H groups in total. The molecule has 0 bridgehead atoms. The van der Waals surface area contributed by atoms with Crippen LogP contribution in [-0.4, -0.2) is 30.4 Å². The maximum absolute atomic E-state index is 12.2. The fraction of sp³-hybridized carbons (Fsp3) is 0.696. The van der Waals surface area contributed by atoms with E-state index in [1.54, 1.807) is 0 Å². The van der Waals surface area contributed by atoms with E-state index >= 15 is 0 Å². The van der Waals surface area contributed by atoms with Crippen molar-refractivity contribution < 1.29 is 6.22 Å². The Labute approximate surface area is 161 Å². The number of nitrogens with one attached hydrogen (secondary N) is 1. The fourth-order valence-corrected chi connectivity index (χ4v) is 4.69. The summed E-state index contributed by atoms with van der Waals surface area (Å²) in [5.41, 5.74) is 3.53. The normalized spacial score (nSPS) is 22.4. The summed E-state index contributed by atoms with van der Waals surface area (Å²) >= 11 is 0. The molecule has 1 heterocycles. The van der Waals surface area contributed by atoms with E-state index in [1.165, 1.54) is 50.0 Å². The largest absolute Gasteiger partial charge is 0.349 e. The van der Waals surface area contributed by atoms with Gasteiger partial charge in [-0.25, -0.2) is 0 Å². The standard InChI is InChI=1S/C23H36N2O.H2/c1-5-8-21(26)24-20-17-23(19-10-7-6-9-18(19)20)12-15-25(16-13-23)14-11-22(2,3)4;/h6-7,9-10,20H,5,8,11-17H2,1-4H3,(H,24,26);1H/t20-;/m0./s1. The summed E-state index contributed by atoms with van der Waals surface area (Å²) in [7, 11) is 0. The Morgan fingerprint density at radius 2 is 1.96 bits per heavy atom. The van der Waals surface area contributed by atoms with Gasteiger partial charge in [-0.05, 0) is 68.3 Å². The van der Waals surface area contributed by atoms with Crippen LogP contribution in [0, 0.1) is 5.41 Å². The molecule has 146 valence electrons. The minimum atomic E-state index is 0. The number of amides is 1. The molecule has 0 saturated carbocycles. The number of rotatable bonds is 5. The fourth-order valence-electron chi connectivity index (χ4n) is 4.69. The van der Waals surface area contributed by atoms with E-state index < -0.39 is 0 Å². The zero-order valence-electron chi connectivity index (χ0n) is 17.1. The molecule has 0 radical (unpaired) electrons. The van der Waals surface area contributed by atoms with Crippen LogP contribution in [0.2, 0.25) is 0 Å². The lowest BCUT2D eigenvalue weighted by atomic mass is 9.73. The lowest BCUT2D eigenvalue weighted by Gasteiger charge is -2.41. The zero-order chi connectivity index (χ0) is 18.8. The maximum Gasteiger partial charge on any atom is 0.220 e. The number of likely N-dealkylation sites (tertiary alicyclic amines) is 1. The molecular weight excluding hydrogens is 320 g/mol. The first kappa shape index (κ1) is 19.4. The van der Waals surface area contributed by atoms with Gasteiger partial charge in [0, 0.05) is 13.3 Å². The van der Waals surface area contributed by atoms with Crippen molar-refractivity contribution in [2.75, 3.05) is 19.6 Å². The van der Waals surface area contributed by atoms with Gasteiger partial charge in [0.15, 0.2) is 0 Å². The molecule has 1 amide bonds. The molecule has 3 heteroatoms. The van der Waals surface area contributed by atoms with Crippen LogP contribution in [-0.2, 0) is 10.2 Å². The summed E-state index contributed by atoms with van der Waals surface area (Å²) in [6.07, 6.45) is 6.31. The Hall–Kier alpha value is -1.35. The lowest BCUT2D eigenvalue weighted by Crippen LogP contribution is -2.43. The topological polar surface area (TPSA) is 32.3 Å². The van der Waals surface area contributed by atoms with Crippen molar-refractivity contribution in [3.05, 3.63) is 35.4 Å². The van der Waals surface area contributed by atoms with Crippen LogP contribution in [0.25, 0.3) is 0 Å². The molecule has 0 aromatic heterocycles. The van der Waals surface area contributed by atoms with Crippen molar-refractivity contribution in [3.8, 4) is 0 Å². The predicted octanol–water partition coefficient (Wildman–Crippen LogP) is 5.06. The van der Waals surface area contributed by atoms with Crippen molar-refractivity contribution in [1.82, 2.24) is 10.2 Å². The van der Waals surface area contributed by atoms with Gasteiger partial charge in [0.2, 0.25) is 5.91 Å². The van der Waals surface area contributed by atoms with Crippen LogP contribution in [0.1, 0.15) is 84.8 Å². The van der Waals surface area contributed by atoms with Gasteiger partial charge in [-0.15, -0.1) is 0 Å². The second-order valence-corrected chi connectivity index (χ2v) is 9.59. The number of benzene rings is 1. The molecule has 0 unspecified atom stereocenters. The minimum absolute atomic E-state index is 0. The highest BCUT2D eigenvalue weighted by Gasteiger charge is 2.45. The van der Waals surface area contributed by atoms with Crippen LogP contribution >= 0.6 is 0 Å². The van der Waals surface area contributed by atoms with E-state index in [2.05, 4.69) is 62.2 Å². The molecule has 1 aliphatic heterocycles. The van der Waals surface area contributed by atoms with Gasteiger partial charge in [-0.3, -0.25) is 4.79 Å². The Balaban J connectivity index is 0.00000261. The van der Waals surface area contributed by atoms with E-state index in [0.717, 1.165) is 12.8 Å². The third kappa shape index (κ3) is 4.31. The Morgan fingerprint density at radius 3 is 2.62 bits per heavy atom. The van der Waals surface area contributed by atoms with Crippen LogP contribution in [0.15, 0.2) is 24.3 Å². The summed E-state index contributed by atoms with van der Waals surface area (Å²) in [6, 6.07) is 9.03. The quantitative estimate of drug-likeness (QED) is 0.797. The van der Waals surface area contributed by atoms with Crippen molar-refractivity contribution >= 4 is 5.91 Å². The first-order valence-corrected chi connectivity index (χ1v) is 10.4. The van der Waals surface area contributed by atoms with E-state index in [9.17, 15) is 4.79 Å². The maximum atomic E-state index is 12.2. The van der Waals surface area contributed by atoms with E-state index in [1.807, 2.05) is 0 Å². The Bertz CT molecular complexity index is 630. The lowest BCUT2D eigenvalue weighted by molar-refractivity contribution is -0.121. The summed E-state index contributed by atoms with van der Waals surface area (Å²) in [5, 5.41) is 3.31. The minimum Gasteiger partial charge on any atom is -0.349 e. The van der Waals surface area contributed by atoms with Gasteiger partial charge in [0.25, 0.3) is 0 Å². The number of hydrogen-bond donors (Lipinski definition) is 1. The highest BCUT2D eigenvalue weighted by molar-refractivity contribution is 5.76. The molecule has 3 rings (SSSR count). The molecule has 1 fully saturated rings. The summed E-state index contributed by atoms with van der Waals surface area (Å²) < 4.78 is 0. The first-order chi connectivity index (χ1) is 12.3.